The van der Waals surface area contributed by atoms with Gasteiger partial charge in [-0.15, -0.1) is 0 Å². The third-order valence-electron chi connectivity index (χ3n) is 4.54. The highest BCUT2D eigenvalue weighted by Crippen LogP contribution is 2.25. The molecular formula is C18H16ClN11O. The number of hydrogen-bond donors (Lipinski definition) is 4. The minimum absolute atomic E-state index is 0.0361. The van der Waals surface area contributed by atoms with Crippen molar-refractivity contribution in [2.45, 2.75) is 19.5 Å². The van der Waals surface area contributed by atoms with E-state index in [4.69, 9.17) is 23.1 Å². The summed E-state index contributed by atoms with van der Waals surface area (Å²) in [6.07, 6.45) is 1.34. The molecule has 4 rings (SSSR count). The summed E-state index contributed by atoms with van der Waals surface area (Å²) in [6.45, 7) is 1.83. The van der Waals surface area contributed by atoms with Crippen molar-refractivity contribution in [2.24, 2.45) is 0 Å². The first-order valence-electron chi connectivity index (χ1n) is 9.02. The molecule has 0 aliphatic heterocycles. The zero-order valence-electron chi connectivity index (χ0n) is 16.2. The molecule has 0 amide bonds. The van der Waals surface area contributed by atoms with E-state index < -0.39 is 6.04 Å². The topological polar surface area (TPSA) is 190 Å². The van der Waals surface area contributed by atoms with E-state index in [1.165, 1.54) is 10.9 Å². The van der Waals surface area contributed by atoms with Crippen LogP contribution in [0.2, 0.25) is 5.02 Å². The van der Waals surface area contributed by atoms with Gasteiger partial charge in [0.1, 0.15) is 35.4 Å². The highest BCUT2D eigenvalue weighted by atomic mass is 35.5. The number of benzene rings is 1. The van der Waals surface area contributed by atoms with E-state index in [2.05, 4.69) is 35.5 Å². The molecule has 0 aliphatic carbocycles. The monoisotopic (exact) mass is 437 g/mol. The maximum atomic E-state index is 13.3. The number of nitriles is 1. The number of H-pyrrole nitrogens is 1. The zero-order valence-corrected chi connectivity index (χ0v) is 16.9. The lowest BCUT2D eigenvalue weighted by Crippen LogP contribution is -2.30. The number of anilines is 3. The van der Waals surface area contributed by atoms with Crippen LogP contribution in [0.3, 0.4) is 0 Å². The molecule has 0 saturated carbocycles. The number of aromatic amines is 1. The molecule has 6 N–H and O–H groups in total. The Morgan fingerprint density at radius 3 is 2.84 bits per heavy atom. The second-order valence-electron chi connectivity index (χ2n) is 6.60. The van der Waals surface area contributed by atoms with Gasteiger partial charge in [-0.2, -0.15) is 20.3 Å². The fourth-order valence-electron chi connectivity index (χ4n) is 3.16. The smallest absolute Gasteiger partial charge is 0.263 e. The van der Waals surface area contributed by atoms with Crippen molar-refractivity contribution < 1.29 is 0 Å². The summed E-state index contributed by atoms with van der Waals surface area (Å²) in [4.78, 5) is 29.9. The van der Waals surface area contributed by atoms with Crippen LogP contribution in [0.5, 0.6) is 0 Å². The number of nitrogen functional groups attached to an aromatic ring is 2. The van der Waals surface area contributed by atoms with Gasteiger partial charge in [0.15, 0.2) is 5.82 Å². The van der Waals surface area contributed by atoms with Crippen molar-refractivity contribution in [3.05, 3.63) is 57.1 Å². The molecule has 0 radical (unpaired) electrons. The third-order valence-corrected chi connectivity index (χ3v) is 4.86. The number of halogens is 1. The summed E-state index contributed by atoms with van der Waals surface area (Å²) in [5, 5.41) is 19.6. The first-order valence-corrected chi connectivity index (χ1v) is 9.39. The Balaban J connectivity index is 1.86. The van der Waals surface area contributed by atoms with Crippen LogP contribution in [0.25, 0.3) is 10.9 Å². The van der Waals surface area contributed by atoms with E-state index in [1.807, 2.05) is 6.07 Å². The maximum absolute atomic E-state index is 13.3. The van der Waals surface area contributed by atoms with Crippen molar-refractivity contribution in [3.8, 4) is 6.07 Å². The van der Waals surface area contributed by atoms with Crippen molar-refractivity contribution >= 4 is 40.1 Å². The van der Waals surface area contributed by atoms with Gasteiger partial charge in [0.2, 0.25) is 5.95 Å². The molecule has 0 spiro atoms. The number of fused-ring (bicyclic) bond motifs is 1. The number of nitrogens with zero attached hydrogens (tertiary/aromatic N) is 7. The van der Waals surface area contributed by atoms with Crippen molar-refractivity contribution in [3.63, 3.8) is 0 Å². The minimum atomic E-state index is -0.584. The molecule has 3 aromatic heterocycles. The number of nitrogens with two attached hydrogens (primary N) is 2. The van der Waals surface area contributed by atoms with Gasteiger partial charge in [0.25, 0.3) is 5.56 Å². The summed E-state index contributed by atoms with van der Waals surface area (Å²) in [5.74, 6) is 0.796. The molecule has 0 bridgehead atoms. The third kappa shape index (κ3) is 3.69. The molecule has 0 fully saturated rings. The number of rotatable bonds is 5. The molecule has 3 heterocycles. The standard InChI is InChI=1S/C18H16ClN11O/c1-8(25-15-9(5-20)14(21)27-18(22)28-15)16-26-11-4-2-3-10(19)13(11)17(31)30(16)6-12-23-7-24-29-12/h2-4,7-8H,6H2,1H3,(H,23,24,29)(H5,21,22,25,27,28). The molecule has 1 aromatic carbocycles. The summed E-state index contributed by atoms with van der Waals surface area (Å²) in [5.41, 5.74) is 11.6. The predicted octanol–water partition coefficient (Wildman–Crippen LogP) is 1.22. The molecule has 0 saturated heterocycles. The second-order valence-corrected chi connectivity index (χ2v) is 7.00. The van der Waals surface area contributed by atoms with Crippen LogP contribution < -0.4 is 22.3 Å². The Kier molecular flexibility index (Phi) is 5.10. The van der Waals surface area contributed by atoms with Crippen LogP contribution in [0.15, 0.2) is 29.3 Å². The number of hydrogen-bond acceptors (Lipinski definition) is 10. The average Bonchev–Trinajstić information content (AvgIpc) is 3.22. The molecule has 31 heavy (non-hydrogen) atoms. The Hall–Kier alpha value is -4.24. The molecule has 12 nitrogen and oxygen atoms in total. The lowest BCUT2D eigenvalue weighted by atomic mass is 10.2. The molecule has 1 unspecified atom stereocenters. The highest BCUT2D eigenvalue weighted by Gasteiger charge is 2.21. The minimum Gasteiger partial charge on any atom is -0.382 e. The molecule has 156 valence electrons. The quantitative estimate of drug-likeness (QED) is 0.353. The zero-order chi connectivity index (χ0) is 22.1. The van der Waals surface area contributed by atoms with E-state index in [1.54, 1.807) is 25.1 Å². The van der Waals surface area contributed by atoms with Crippen LogP contribution in [0.4, 0.5) is 17.6 Å². The summed E-state index contributed by atoms with van der Waals surface area (Å²) < 4.78 is 1.42. The van der Waals surface area contributed by atoms with Gasteiger partial charge in [0, 0.05) is 0 Å². The highest BCUT2D eigenvalue weighted by molar-refractivity contribution is 6.35. The summed E-state index contributed by atoms with van der Waals surface area (Å²) in [6, 6.07) is 6.39. The molecule has 13 heteroatoms. The Morgan fingerprint density at radius 1 is 1.32 bits per heavy atom. The first-order chi connectivity index (χ1) is 14.9. The predicted molar refractivity (Wildman–Crippen MR) is 114 cm³/mol. The average molecular weight is 438 g/mol. The van der Waals surface area contributed by atoms with Crippen molar-refractivity contribution in [2.75, 3.05) is 16.8 Å². The van der Waals surface area contributed by atoms with E-state index in [9.17, 15) is 10.1 Å². The van der Waals surface area contributed by atoms with E-state index in [0.29, 0.717) is 17.2 Å². The SMILES string of the molecule is CC(Nc1nc(N)nc(N)c1C#N)c1nc2cccc(Cl)c2c(=O)n1Cc1ncn[nH]1. The van der Waals surface area contributed by atoms with Gasteiger partial charge in [-0.1, -0.05) is 17.7 Å². The van der Waals surface area contributed by atoms with Gasteiger partial charge < -0.3 is 16.8 Å². The fourth-order valence-corrected chi connectivity index (χ4v) is 3.41. The van der Waals surface area contributed by atoms with E-state index >= 15 is 0 Å². The van der Waals surface area contributed by atoms with Crippen LogP contribution >= 0.6 is 11.6 Å². The van der Waals surface area contributed by atoms with Gasteiger partial charge >= 0.3 is 0 Å². The lowest BCUT2D eigenvalue weighted by Gasteiger charge is -2.20. The number of aromatic nitrogens is 7. The summed E-state index contributed by atoms with van der Waals surface area (Å²) >= 11 is 6.27. The van der Waals surface area contributed by atoms with Crippen LogP contribution in [0.1, 0.15) is 30.2 Å². The van der Waals surface area contributed by atoms with Crippen molar-refractivity contribution in [1.29, 1.82) is 5.26 Å². The fraction of sp³-hybridized carbons (Fsp3) is 0.167. The van der Waals surface area contributed by atoms with E-state index in [0.717, 1.165) is 0 Å². The molecule has 1 atom stereocenters. The van der Waals surface area contributed by atoms with Crippen LogP contribution in [-0.4, -0.2) is 34.7 Å². The molecular weight excluding hydrogens is 422 g/mol. The van der Waals surface area contributed by atoms with Crippen molar-refractivity contribution in [1.82, 2.24) is 34.7 Å². The van der Waals surface area contributed by atoms with Crippen LogP contribution in [0, 0.1) is 11.3 Å². The van der Waals surface area contributed by atoms with Gasteiger partial charge in [-0.25, -0.2) is 9.97 Å². The second kappa shape index (κ2) is 7.88. The Bertz CT molecular complexity index is 1370. The van der Waals surface area contributed by atoms with Gasteiger partial charge in [-0.05, 0) is 19.1 Å². The first kappa shape index (κ1) is 20.0. The Labute approximate surface area is 179 Å². The maximum Gasteiger partial charge on any atom is 0.263 e. The summed E-state index contributed by atoms with van der Waals surface area (Å²) in [7, 11) is 0. The Morgan fingerprint density at radius 2 is 2.13 bits per heavy atom. The largest absolute Gasteiger partial charge is 0.382 e. The van der Waals surface area contributed by atoms with Gasteiger partial charge in [-0.3, -0.25) is 14.5 Å². The number of nitrogens with one attached hydrogen (secondary N) is 2. The molecule has 0 aliphatic rings. The molecule has 4 aromatic rings. The lowest BCUT2D eigenvalue weighted by molar-refractivity contribution is 0.622. The van der Waals surface area contributed by atoms with E-state index in [-0.39, 0.29) is 45.7 Å². The van der Waals surface area contributed by atoms with Gasteiger partial charge in [0.05, 0.1) is 28.5 Å². The van der Waals surface area contributed by atoms with Crippen LogP contribution in [-0.2, 0) is 6.54 Å². The normalized spacial score (nSPS) is 11.9.